The van der Waals surface area contributed by atoms with Gasteiger partial charge in [0, 0.05) is 37.3 Å². The molecule has 0 saturated heterocycles. The normalized spacial score (nSPS) is 26.7. The molecular formula is C29H38ClN5O8. The number of phenolic OH excluding ortho intramolecular Hbond substituents is 1. The maximum Gasteiger partial charge on any atom is 0.255 e. The molecule has 14 heteroatoms. The number of ketones is 2. The van der Waals surface area contributed by atoms with Gasteiger partial charge >= 0.3 is 0 Å². The molecule has 4 aliphatic rings. The standard InChI is InChI=1S/C29H37N5O8.ClH/c1-33(2)17-10-16(32-18(35)11-31-13-6-5-7-13)23(36)20-14(17)8-12-9-15-22(34(3)4)25(38)21(28(30)41)27(40)29(15,42)26(39)19(12)24(20)37;/h10,12-13,15,22,31,36,38-39,42H,5-9,11H2,1-4H3,(H2,30,41)(H,32,35);1H/t12?,15?,22-,29-;/m0./s1. The molecule has 4 aliphatic carbocycles. The van der Waals surface area contributed by atoms with Crippen LogP contribution in [-0.4, -0.2) is 101 Å². The monoisotopic (exact) mass is 619 g/mol. The number of phenols is 1. The number of nitrogens with one attached hydrogen (secondary N) is 2. The van der Waals surface area contributed by atoms with E-state index in [9.17, 15) is 39.6 Å². The second-order valence-electron chi connectivity index (χ2n) is 12.1. The van der Waals surface area contributed by atoms with Crippen molar-refractivity contribution in [2.45, 2.75) is 49.8 Å². The lowest BCUT2D eigenvalue weighted by Crippen LogP contribution is -2.63. The Morgan fingerprint density at radius 2 is 1.77 bits per heavy atom. The van der Waals surface area contributed by atoms with Gasteiger partial charge in [0.15, 0.2) is 17.1 Å². The number of nitrogens with zero attached hydrogens (tertiary/aromatic N) is 2. The van der Waals surface area contributed by atoms with Crippen molar-refractivity contribution in [2.24, 2.45) is 17.6 Å². The van der Waals surface area contributed by atoms with Gasteiger partial charge in [-0.25, -0.2) is 0 Å². The number of hydrogen-bond donors (Lipinski definition) is 7. The first-order valence-corrected chi connectivity index (χ1v) is 13.9. The number of allylic oxidation sites excluding steroid dienone is 1. The lowest BCUT2D eigenvalue weighted by Gasteiger charge is -2.50. The minimum absolute atomic E-state index is 0. The lowest BCUT2D eigenvalue weighted by atomic mass is 9.58. The first-order chi connectivity index (χ1) is 19.7. The number of likely N-dealkylation sites (N-methyl/N-ethyl adjacent to an activating group) is 1. The van der Waals surface area contributed by atoms with Crippen molar-refractivity contribution in [3.8, 4) is 5.75 Å². The average Bonchev–Trinajstić information content (AvgIpc) is 2.86. The number of fused-ring (bicyclic) bond motifs is 3. The summed E-state index contributed by atoms with van der Waals surface area (Å²) in [6.07, 6.45) is 3.20. The number of hydrogen-bond acceptors (Lipinski definition) is 11. The Balaban J connectivity index is 0.00000423. The van der Waals surface area contributed by atoms with Gasteiger partial charge in [-0.2, -0.15) is 0 Å². The smallest absolute Gasteiger partial charge is 0.255 e. The fraction of sp³-hybridized carbons (Fsp3) is 0.517. The molecule has 1 fully saturated rings. The maximum atomic E-state index is 14.1. The Hall–Kier alpha value is -3.65. The van der Waals surface area contributed by atoms with Crippen LogP contribution >= 0.6 is 12.4 Å². The molecule has 8 N–H and O–H groups in total. The van der Waals surface area contributed by atoms with E-state index in [-0.39, 0.29) is 54.7 Å². The summed E-state index contributed by atoms with van der Waals surface area (Å²) in [7, 11) is 6.65. The minimum Gasteiger partial charge on any atom is -0.510 e. The van der Waals surface area contributed by atoms with Crippen LogP contribution in [0.4, 0.5) is 11.4 Å². The molecule has 0 spiro atoms. The molecule has 234 valence electrons. The molecule has 13 nitrogen and oxygen atoms in total. The topological polar surface area (TPSA) is 206 Å². The molecule has 1 saturated carbocycles. The van der Waals surface area contributed by atoms with Crippen LogP contribution in [0.5, 0.6) is 5.75 Å². The van der Waals surface area contributed by atoms with E-state index in [0.717, 1.165) is 19.3 Å². The highest BCUT2D eigenvalue weighted by molar-refractivity contribution is 6.25. The summed E-state index contributed by atoms with van der Waals surface area (Å²) >= 11 is 0. The van der Waals surface area contributed by atoms with Crippen molar-refractivity contribution in [2.75, 3.05) is 45.0 Å². The molecule has 0 bridgehead atoms. The summed E-state index contributed by atoms with van der Waals surface area (Å²) in [5.74, 6) is -7.66. The Labute approximate surface area is 254 Å². The highest BCUT2D eigenvalue weighted by Crippen LogP contribution is 2.53. The number of carbonyl (C=O) groups is 4. The number of primary amides is 1. The van der Waals surface area contributed by atoms with E-state index in [0.29, 0.717) is 11.3 Å². The van der Waals surface area contributed by atoms with Gasteiger partial charge in [0.05, 0.1) is 23.8 Å². The number of benzene rings is 1. The number of rotatable bonds is 7. The first kappa shape index (κ1) is 32.3. The molecule has 0 aromatic heterocycles. The zero-order chi connectivity index (χ0) is 30.8. The first-order valence-electron chi connectivity index (χ1n) is 13.9. The second-order valence-corrected chi connectivity index (χ2v) is 12.1. The van der Waals surface area contributed by atoms with Crippen LogP contribution in [0.3, 0.4) is 0 Å². The van der Waals surface area contributed by atoms with Crippen molar-refractivity contribution in [1.29, 1.82) is 0 Å². The maximum absolute atomic E-state index is 14.1. The molecule has 1 aromatic rings. The summed E-state index contributed by atoms with van der Waals surface area (Å²) in [6, 6.07) is 0.779. The predicted molar refractivity (Wildman–Crippen MR) is 160 cm³/mol. The van der Waals surface area contributed by atoms with E-state index in [4.69, 9.17) is 5.73 Å². The Kier molecular flexibility index (Phi) is 8.59. The van der Waals surface area contributed by atoms with Crippen LogP contribution in [0.25, 0.3) is 0 Å². The Morgan fingerprint density at radius 1 is 1.12 bits per heavy atom. The second kappa shape index (κ2) is 11.5. The zero-order valence-corrected chi connectivity index (χ0v) is 25.2. The van der Waals surface area contributed by atoms with Gasteiger partial charge in [-0.15, -0.1) is 12.4 Å². The summed E-state index contributed by atoms with van der Waals surface area (Å²) in [4.78, 5) is 55.6. The zero-order valence-electron chi connectivity index (χ0n) is 24.4. The SMILES string of the molecule is CN(C)c1cc(NC(=O)CNC2CCC2)c(O)c2c1CC1CC3[C@H](N(C)C)C(O)=C(C(N)=O)C(=O)[C@@]3(O)C(O)=C1C2=O.Cl. The summed E-state index contributed by atoms with van der Waals surface area (Å²) in [5.41, 5.74) is 2.41. The molecule has 2 amide bonds. The number of halogens is 1. The number of anilines is 2. The van der Waals surface area contributed by atoms with E-state index in [1.807, 2.05) is 0 Å². The molecule has 1 aromatic carbocycles. The molecule has 2 unspecified atom stereocenters. The highest BCUT2D eigenvalue weighted by Gasteiger charge is 2.63. The summed E-state index contributed by atoms with van der Waals surface area (Å²) < 4.78 is 0. The minimum atomic E-state index is -2.72. The Bertz CT molecular complexity index is 1470. The van der Waals surface area contributed by atoms with Gasteiger partial charge < -0.3 is 41.7 Å². The van der Waals surface area contributed by atoms with Crippen molar-refractivity contribution >= 4 is 47.2 Å². The van der Waals surface area contributed by atoms with Gasteiger partial charge in [0.1, 0.15) is 17.1 Å². The van der Waals surface area contributed by atoms with Crippen molar-refractivity contribution in [1.82, 2.24) is 10.2 Å². The van der Waals surface area contributed by atoms with Crippen LogP contribution in [0.15, 0.2) is 28.7 Å². The lowest BCUT2D eigenvalue weighted by molar-refractivity contribution is -0.148. The van der Waals surface area contributed by atoms with Crippen LogP contribution in [0, 0.1) is 11.8 Å². The quantitative estimate of drug-likeness (QED) is 0.167. The number of carbonyl (C=O) groups excluding carboxylic acids is 4. The van der Waals surface area contributed by atoms with Gasteiger partial charge in [0.2, 0.25) is 11.7 Å². The van der Waals surface area contributed by atoms with E-state index >= 15 is 0 Å². The fourth-order valence-corrected chi connectivity index (χ4v) is 6.84. The third kappa shape index (κ3) is 4.93. The number of aromatic hydroxyl groups is 1. The number of Topliss-reactive ketones (excluding diaryl/α,β-unsaturated/α-hetero) is 2. The Morgan fingerprint density at radius 3 is 2.30 bits per heavy atom. The number of aliphatic hydroxyl groups is 3. The van der Waals surface area contributed by atoms with E-state index < -0.39 is 69.7 Å². The molecule has 43 heavy (non-hydrogen) atoms. The van der Waals surface area contributed by atoms with Crippen molar-refractivity contribution in [3.05, 3.63) is 39.9 Å². The van der Waals surface area contributed by atoms with Crippen LogP contribution in [-0.2, 0) is 20.8 Å². The van der Waals surface area contributed by atoms with E-state index in [1.165, 1.54) is 4.90 Å². The fourth-order valence-electron chi connectivity index (χ4n) is 6.84. The van der Waals surface area contributed by atoms with Gasteiger partial charge in [-0.1, -0.05) is 6.42 Å². The van der Waals surface area contributed by atoms with Crippen LogP contribution in [0.2, 0.25) is 0 Å². The van der Waals surface area contributed by atoms with Gasteiger partial charge in [0.25, 0.3) is 5.91 Å². The third-order valence-electron chi connectivity index (χ3n) is 9.11. The largest absolute Gasteiger partial charge is 0.510 e. The number of aliphatic hydroxyl groups excluding tert-OH is 2. The number of amides is 2. The van der Waals surface area contributed by atoms with Crippen molar-refractivity contribution in [3.63, 3.8) is 0 Å². The van der Waals surface area contributed by atoms with E-state index in [1.54, 1.807) is 39.2 Å². The summed E-state index contributed by atoms with van der Waals surface area (Å²) in [6.45, 7) is 0.0204. The molecule has 0 aliphatic heterocycles. The van der Waals surface area contributed by atoms with Crippen LogP contribution in [0.1, 0.15) is 41.6 Å². The molecule has 0 heterocycles. The molecule has 4 atom stereocenters. The summed E-state index contributed by atoms with van der Waals surface area (Å²) in [5, 5.41) is 51.2. The molecule has 5 rings (SSSR count). The molecule has 0 radical (unpaired) electrons. The number of nitrogens with two attached hydrogens (primary N) is 1. The highest BCUT2D eigenvalue weighted by atomic mass is 35.5. The van der Waals surface area contributed by atoms with Crippen molar-refractivity contribution < 1.29 is 39.6 Å². The van der Waals surface area contributed by atoms with Gasteiger partial charge in [-0.05, 0) is 57.3 Å². The van der Waals surface area contributed by atoms with E-state index in [2.05, 4.69) is 10.6 Å². The van der Waals surface area contributed by atoms with Gasteiger partial charge in [-0.3, -0.25) is 24.1 Å². The third-order valence-corrected chi connectivity index (χ3v) is 9.11. The molecular weight excluding hydrogens is 582 g/mol. The predicted octanol–water partition coefficient (Wildman–Crippen LogP) is 0.689. The van der Waals surface area contributed by atoms with Crippen LogP contribution < -0.4 is 21.3 Å². The average molecular weight is 620 g/mol.